The van der Waals surface area contributed by atoms with E-state index >= 15 is 0 Å². The van der Waals surface area contributed by atoms with Crippen molar-refractivity contribution in [2.75, 3.05) is 35.5 Å². The van der Waals surface area contributed by atoms with E-state index < -0.39 is 11.9 Å². The zero-order valence-corrected chi connectivity index (χ0v) is 41.4. The molecule has 0 atom stereocenters. The molecule has 6 aromatic carbocycles. The second-order valence-electron chi connectivity index (χ2n) is 16.1. The molecule has 0 fully saturated rings. The fourth-order valence-corrected chi connectivity index (χ4v) is 6.86. The lowest BCUT2D eigenvalue weighted by Crippen LogP contribution is -2.13. The maximum Gasteiger partial charge on any atom is 0.360 e. The molecule has 16 nitrogen and oxygen atoms in total. The van der Waals surface area contributed by atoms with Crippen LogP contribution in [0.25, 0.3) is 22.8 Å². The van der Waals surface area contributed by atoms with Gasteiger partial charge in [0.15, 0.2) is 23.0 Å². The maximum absolute atomic E-state index is 12.8. The summed E-state index contributed by atoms with van der Waals surface area (Å²) in [7, 11) is 7.69. The summed E-state index contributed by atoms with van der Waals surface area (Å²) < 4.78 is 50.0. The zero-order chi connectivity index (χ0) is 51.7. The summed E-state index contributed by atoms with van der Waals surface area (Å²) in [6.45, 7) is 4.54. The molecule has 0 bridgehead atoms. The highest BCUT2D eigenvalue weighted by Gasteiger charge is 2.26. The van der Waals surface area contributed by atoms with Crippen LogP contribution in [0.5, 0.6) is 46.3 Å². The van der Waals surface area contributed by atoms with Gasteiger partial charge in [0.2, 0.25) is 11.5 Å². The topological polar surface area (TPSA) is 189 Å². The Kier molecular flexibility index (Phi) is 17.8. The van der Waals surface area contributed by atoms with Gasteiger partial charge >= 0.3 is 11.9 Å². The number of rotatable bonds is 20. The molecule has 0 amide bonds. The van der Waals surface area contributed by atoms with Crippen molar-refractivity contribution in [3.8, 4) is 69.0 Å². The molecule has 16 heteroatoms. The molecule has 0 unspecified atom stereocenters. The molecule has 73 heavy (non-hydrogen) atoms. The van der Waals surface area contributed by atoms with Gasteiger partial charge in [-0.25, -0.2) is 19.6 Å². The Bertz CT molecular complexity index is 3080. The molecule has 2 heterocycles. The third-order valence-electron chi connectivity index (χ3n) is 11.0. The molecule has 0 aliphatic heterocycles. The number of hydrogen-bond donors (Lipinski definition) is 1. The monoisotopic (exact) mass is 986 g/mol. The number of carbonyl (C=O) groups excluding carboxylic acids is 1. The van der Waals surface area contributed by atoms with Crippen molar-refractivity contribution in [1.82, 2.24) is 19.9 Å². The van der Waals surface area contributed by atoms with E-state index in [1.165, 1.54) is 7.11 Å². The fraction of sp³-hybridized carbons (Fsp3) is 0.193. The second kappa shape index (κ2) is 25.1. The summed E-state index contributed by atoms with van der Waals surface area (Å²) in [6.07, 6.45) is 0. The van der Waals surface area contributed by atoms with Crippen molar-refractivity contribution in [2.45, 2.75) is 40.3 Å². The van der Waals surface area contributed by atoms with Crippen LogP contribution in [0.3, 0.4) is 0 Å². The van der Waals surface area contributed by atoms with Crippen molar-refractivity contribution < 1.29 is 57.3 Å². The van der Waals surface area contributed by atoms with Gasteiger partial charge in [-0.2, -0.15) is 9.97 Å². The minimum Gasteiger partial charge on any atom is -0.497 e. The number of carboxylic acids is 1. The molecule has 2 aromatic heterocycles. The lowest BCUT2D eigenvalue weighted by Gasteiger charge is -2.16. The van der Waals surface area contributed by atoms with Crippen molar-refractivity contribution in [3.63, 3.8) is 0 Å². The summed E-state index contributed by atoms with van der Waals surface area (Å²) in [4.78, 5) is 42.9. The molecule has 374 valence electrons. The molecule has 0 aliphatic rings. The standard InChI is InChI=1S/C29H28N2O6.C28H26N2O6/c1-19-5-11-22(12-6-19)27-30-25(29(32)35-4)26(36-17-20-7-13-23(33-2)14-8-20)28(31-27)37-18-21-9-15-24(34-3)16-10-21;1-18-4-10-21(11-5-18)26-29-24(28(31)32)25(35-16-19-6-12-22(33-2)13-7-19)27(30-26)36-17-20-8-14-23(34-3)15-9-20/h5-16H,17-18H2,1-4H3;4-15H,16-17H2,1-3H3,(H,31,32). The zero-order valence-electron chi connectivity index (χ0n) is 41.4. The van der Waals surface area contributed by atoms with Crippen LogP contribution in [-0.2, 0) is 31.2 Å². The van der Waals surface area contributed by atoms with Crippen LogP contribution >= 0.6 is 0 Å². The Morgan fingerprint density at radius 1 is 0.397 bits per heavy atom. The number of aromatic carboxylic acids is 1. The summed E-state index contributed by atoms with van der Waals surface area (Å²) in [5.74, 6) is 1.79. The first-order valence-corrected chi connectivity index (χ1v) is 22.8. The van der Waals surface area contributed by atoms with Gasteiger partial charge in [0.05, 0.1) is 35.5 Å². The van der Waals surface area contributed by atoms with E-state index in [9.17, 15) is 14.7 Å². The average molecular weight is 987 g/mol. The van der Waals surface area contributed by atoms with Crippen LogP contribution in [-0.4, -0.2) is 72.5 Å². The third-order valence-corrected chi connectivity index (χ3v) is 11.0. The molecule has 0 radical (unpaired) electrons. The predicted molar refractivity (Wildman–Crippen MR) is 272 cm³/mol. The average Bonchev–Trinajstić information content (AvgIpc) is 3.43. The van der Waals surface area contributed by atoms with Crippen LogP contribution in [0.2, 0.25) is 0 Å². The molecule has 8 aromatic rings. The molecule has 0 spiro atoms. The molecule has 0 saturated carbocycles. The minimum absolute atomic E-state index is 0.0219. The molecular formula is C57H54N4O12. The summed E-state index contributed by atoms with van der Waals surface area (Å²) in [6, 6.07) is 44.6. The van der Waals surface area contributed by atoms with E-state index in [0.717, 1.165) is 56.2 Å². The van der Waals surface area contributed by atoms with Crippen LogP contribution < -0.4 is 37.9 Å². The SMILES string of the molecule is COC(=O)c1nc(-c2ccc(C)cc2)nc(OCc2ccc(OC)cc2)c1OCc1ccc(OC)cc1.COc1ccc(COc2nc(-c3ccc(C)cc3)nc(C(=O)O)c2OCc2ccc(OC)cc2)cc1. The number of benzene rings is 6. The Labute approximate surface area is 423 Å². The van der Waals surface area contributed by atoms with Gasteiger partial charge in [-0.3, -0.25) is 0 Å². The van der Waals surface area contributed by atoms with Gasteiger partial charge in [-0.15, -0.1) is 0 Å². The van der Waals surface area contributed by atoms with E-state index in [-0.39, 0.29) is 66.9 Å². The van der Waals surface area contributed by atoms with Gasteiger partial charge < -0.3 is 47.7 Å². The third kappa shape index (κ3) is 14.0. The highest BCUT2D eigenvalue weighted by molar-refractivity contribution is 5.92. The van der Waals surface area contributed by atoms with Gasteiger partial charge in [0, 0.05) is 11.1 Å². The summed E-state index contributed by atoms with van der Waals surface area (Å²) in [5, 5.41) is 9.96. The van der Waals surface area contributed by atoms with Gasteiger partial charge in [0.25, 0.3) is 11.8 Å². The first kappa shape index (κ1) is 51.7. The quantitative estimate of drug-likeness (QED) is 0.0709. The van der Waals surface area contributed by atoms with Crippen LogP contribution in [0.15, 0.2) is 146 Å². The van der Waals surface area contributed by atoms with Crippen molar-refractivity contribution in [1.29, 1.82) is 0 Å². The lowest BCUT2D eigenvalue weighted by atomic mass is 10.1. The van der Waals surface area contributed by atoms with Gasteiger partial charge in [-0.05, 0) is 84.6 Å². The smallest absolute Gasteiger partial charge is 0.360 e. The van der Waals surface area contributed by atoms with Crippen molar-refractivity contribution >= 4 is 11.9 Å². The number of aryl methyl sites for hydroxylation is 2. The number of hydrogen-bond acceptors (Lipinski definition) is 15. The van der Waals surface area contributed by atoms with Crippen molar-refractivity contribution in [3.05, 3.63) is 190 Å². The normalized spacial score (nSPS) is 10.5. The molecular weight excluding hydrogens is 933 g/mol. The van der Waals surface area contributed by atoms with E-state index in [1.54, 1.807) is 40.6 Å². The number of methoxy groups -OCH3 is 5. The molecule has 1 N–H and O–H groups in total. The highest BCUT2D eigenvalue weighted by Crippen LogP contribution is 2.35. The second-order valence-corrected chi connectivity index (χ2v) is 16.1. The number of esters is 1. The number of carboxylic acid groups (broad SMARTS) is 1. The van der Waals surface area contributed by atoms with Crippen molar-refractivity contribution in [2.24, 2.45) is 0 Å². The number of carbonyl (C=O) groups is 2. The first-order chi connectivity index (χ1) is 35.5. The van der Waals surface area contributed by atoms with Crippen LogP contribution in [0, 0.1) is 13.8 Å². The molecule has 0 aliphatic carbocycles. The van der Waals surface area contributed by atoms with E-state index in [1.807, 2.05) is 147 Å². The number of ether oxygens (including phenoxy) is 9. The Hall–Kier alpha value is -9.18. The fourth-order valence-electron chi connectivity index (χ4n) is 6.86. The lowest BCUT2D eigenvalue weighted by molar-refractivity contribution is 0.0585. The summed E-state index contributed by atoms with van der Waals surface area (Å²) >= 11 is 0. The maximum atomic E-state index is 12.8. The Morgan fingerprint density at radius 2 is 0.699 bits per heavy atom. The Balaban J connectivity index is 0.000000214. The number of nitrogens with zero attached hydrogens (tertiary/aromatic N) is 4. The van der Waals surface area contributed by atoms with Crippen LogP contribution in [0.4, 0.5) is 0 Å². The summed E-state index contributed by atoms with van der Waals surface area (Å²) in [5.41, 5.74) is 6.66. The van der Waals surface area contributed by atoms with Crippen LogP contribution in [0.1, 0.15) is 54.4 Å². The van der Waals surface area contributed by atoms with Gasteiger partial charge in [0.1, 0.15) is 49.4 Å². The largest absolute Gasteiger partial charge is 0.497 e. The van der Waals surface area contributed by atoms with E-state index in [0.29, 0.717) is 17.1 Å². The highest BCUT2D eigenvalue weighted by atomic mass is 16.5. The predicted octanol–water partition coefficient (Wildman–Crippen LogP) is 10.7. The van der Waals surface area contributed by atoms with E-state index in [2.05, 4.69) is 19.9 Å². The van der Waals surface area contributed by atoms with Gasteiger partial charge in [-0.1, -0.05) is 108 Å². The number of aromatic nitrogens is 4. The first-order valence-electron chi connectivity index (χ1n) is 22.8. The Morgan fingerprint density at radius 3 is 1.00 bits per heavy atom. The molecule has 0 saturated heterocycles. The minimum atomic E-state index is -1.25. The van der Waals surface area contributed by atoms with E-state index in [4.69, 9.17) is 42.6 Å². The molecule has 8 rings (SSSR count).